The second-order valence-corrected chi connectivity index (χ2v) is 12.1. The van der Waals surface area contributed by atoms with Gasteiger partial charge in [0.1, 0.15) is 25.0 Å². The molecule has 10 heteroatoms. The van der Waals surface area contributed by atoms with Crippen LogP contribution in [0.4, 0.5) is 4.79 Å². The minimum atomic E-state index is -1.00. The number of Topliss-reactive ketones (excluding diaryl/α,β-unsaturated/α-hetero) is 1. The molecule has 0 spiro atoms. The SMILES string of the molecule is CC(C)C[C@H](NC(=O)OC(c1ccccc1)C(C)(C)c1cccc(Cl)c1)C(=O)N[C@@H](C[C@@H]1CCNC1O)C(=O)CO. The molecule has 1 saturated heterocycles. The molecule has 0 radical (unpaired) electrons. The highest BCUT2D eigenvalue weighted by Gasteiger charge is 2.37. The highest BCUT2D eigenvalue weighted by molar-refractivity contribution is 6.30. The van der Waals surface area contributed by atoms with Crippen LogP contribution in [-0.4, -0.2) is 59.5 Å². The van der Waals surface area contributed by atoms with Crippen molar-refractivity contribution in [2.45, 2.75) is 76.8 Å². The molecule has 1 heterocycles. The number of aliphatic hydroxyl groups is 2. The van der Waals surface area contributed by atoms with Gasteiger partial charge in [-0.3, -0.25) is 14.9 Å². The normalized spacial score (nSPS) is 19.3. The topological polar surface area (TPSA) is 137 Å². The second kappa shape index (κ2) is 14.8. The first-order chi connectivity index (χ1) is 19.4. The van der Waals surface area contributed by atoms with E-state index >= 15 is 0 Å². The number of hydrogen-bond acceptors (Lipinski definition) is 7. The van der Waals surface area contributed by atoms with Crippen molar-refractivity contribution in [3.63, 3.8) is 0 Å². The van der Waals surface area contributed by atoms with E-state index in [1.54, 1.807) is 6.07 Å². The van der Waals surface area contributed by atoms with Crippen molar-refractivity contribution in [1.82, 2.24) is 16.0 Å². The lowest BCUT2D eigenvalue weighted by Crippen LogP contribution is -2.53. The van der Waals surface area contributed by atoms with E-state index in [1.165, 1.54) is 0 Å². The Morgan fingerprint density at radius 1 is 1.07 bits per heavy atom. The number of amides is 2. The van der Waals surface area contributed by atoms with E-state index in [1.807, 2.05) is 76.2 Å². The van der Waals surface area contributed by atoms with Gasteiger partial charge in [0, 0.05) is 16.4 Å². The van der Waals surface area contributed by atoms with Crippen molar-refractivity contribution in [3.05, 3.63) is 70.7 Å². The summed E-state index contributed by atoms with van der Waals surface area (Å²) in [6, 6.07) is 14.7. The van der Waals surface area contributed by atoms with Gasteiger partial charge in [0.15, 0.2) is 5.78 Å². The molecule has 0 bridgehead atoms. The Morgan fingerprint density at radius 2 is 1.78 bits per heavy atom. The lowest BCUT2D eigenvalue weighted by molar-refractivity contribution is -0.131. The van der Waals surface area contributed by atoms with E-state index in [2.05, 4.69) is 16.0 Å². The summed E-state index contributed by atoms with van der Waals surface area (Å²) in [5, 5.41) is 28.5. The molecule has 1 aliphatic heterocycles. The van der Waals surface area contributed by atoms with Crippen molar-refractivity contribution in [1.29, 1.82) is 0 Å². The van der Waals surface area contributed by atoms with Crippen LogP contribution in [-0.2, 0) is 19.7 Å². The van der Waals surface area contributed by atoms with Gasteiger partial charge in [-0.25, -0.2) is 4.79 Å². The zero-order valence-electron chi connectivity index (χ0n) is 24.1. The number of hydrogen-bond donors (Lipinski definition) is 5. The van der Waals surface area contributed by atoms with Crippen LogP contribution in [0.15, 0.2) is 54.6 Å². The van der Waals surface area contributed by atoms with Crippen molar-refractivity contribution < 1.29 is 29.3 Å². The lowest BCUT2D eigenvalue weighted by atomic mass is 9.76. The summed E-state index contributed by atoms with van der Waals surface area (Å²) in [6.45, 7) is 7.59. The number of rotatable bonds is 13. The molecular weight excluding hydrogens is 546 g/mol. The third-order valence-corrected chi connectivity index (χ3v) is 7.82. The summed E-state index contributed by atoms with van der Waals surface area (Å²) < 4.78 is 6.03. The summed E-state index contributed by atoms with van der Waals surface area (Å²) >= 11 is 6.27. The van der Waals surface area contributed by atoms with Crippen LogP contribution in [0.5, 0.6) is 0 Å². The van der Waals surface area contributed by atoms with Crippen molar-refractivity contribution >= 4 is 29.4 Å². The zero-order valence-corrected chi connectivity index (χ0v) is 24.9. The Kier molecular flexibility index (Phi) is 11.7. The molecule has 5 N–H and O–H groups in total. The van der Waals surface area contributed by atoms with Crippen molar-refractivity contribution in [2.75, 3.05) is 13.2 Å². The average Bonchev–Trinajstić information content (AvgIpc) is 3.34. The van der Waals surface area contributed by atoms with E-state index in [0.29, 0.717) is 24.4 Å². The predicted octanol–water partition coefficient (Wildman–Crippen LogP) is 3.86. The molecule has 2 aromatic carbocycles. The summed E-state index contributed by atoms with van der Waals surface area (Å²) in [5.41, 5.74) is 0.959. The maximum Gasteiger partial charge on any atom is 0.408 e. The molecule has 0 saturated carbocycles. The largest absolute Gasteiger partial charge is 0.440 e. The molecule has 41 heavy (non-hydrogen) atoms. The van der Waals surface area contributed by atoms with Crippen LogP contribution < -0.4 is 16.0 Å². The van der Waals surface area contributed by atoms with Crippen LogP contribution in [0.2, 0.25) is 5.02 Å². The highest BCUT2D eigenvalue weighted by atomic mass is 35.5. The van der Waals surface area contributed by atoms with Crippen molar-refractivity contribution in [2.24, 2.45) is 11.8 Å². The van der Waals surface area contributed by atoms with E-state index in [-0.39, 0.29) is 18.3 Å². The number of nitrogens with one attached hydrogen (secondary N) is 3. The van der Waals surface area contributed by atoms with Gasteiger partial charge >= 0.3 is 6.09 Å². The quantitative estimate of drug-likeness (QED) is 0.240. The molecule has 3 rings (SSSR count). The Labute approximate surface area is 247 Å². The summed E-state index contributed by atoms with van der Waals surface area (Å²) in [5.74, 6) is -1.34. The molecule has 9 nitrogen and oxygen atoms in total. The summed E-state index contributed by atoms with van der Waals surface area (Å²) in [6.07, 6.45) is -1.20. The van der Waals surface area contributed by atoms with Gasteiger partial charge in [0.2, 0.25) is 5.91 Å². The summed E-state index contributed by atoms with van der Waals surface area (Å²) in [7, 11) is 0. The van der Waals surface area contributed by atoms with Gasteiger partial charge in [-0.15, -0.1) is 0 Å². The number of benzene rings is 2. The fourth-order valence-electron chi connectivity index (χ4n) is 5.23. The molecule has 5 atom stereocenters. The van der Waals surface area contributed by atoms with Gasteiger partial charge in [-0.05, 0) is 55.0 Å². The minimum Gasteiger partial charge on any atom is -0.440 e. The third kappa shape index (κ3) is 9.00. The monoisotopic (exact) mass is 587 g/mol. The first-order valence-electron chi connectivity index (χ1n) is 14.1. The number of alkyl carbamates (subject to hydrolysis) is 1. The number of carbonyl (C=O) groups is 3. The number of carbonyl (C=O) groups excluding carboxylic acids is 3. The standard InChI is InChI=1S/C31H42ClN3O6/c1-19(2)15-25(29(39)34-24(26(37)18-36)16-21-13-14-33-28(21)38)35-30(40)41-27(20-9-6-5-7-10-20)31(3,4)22-11-8-12-23(32)17-22/h5-12,17,19,21,24-25,27-28,33,36,38H,13-16,18H2,1-4H3,(H,34,39)(H,35,40)/t21-,24-,25-,27?,28?/m0/s1. The van der Waals surface area contributed by atoms with Crippen LogP contribution in [0.3, 0.4) is 0 Å². The van der Waals surface area contributed by atoms with Gasteiger partial charge in [0.25, 0.3) is 0 Å². The van der Waals surface area contributed by atoms with E-state index in [9.17, 15) is 24.6 Å². The predicted molar refractivity (Wildman–Crippen MR) is 157 cm³/mol. The smallest absolute Gasteiger partial charge is 0.408 e. The van der Waals surface area contributed by atoms with E-state index in [0.717, 1.165) is 11.1 Å². The molecule has 0 aromatic heterocycles. The number of aliphatic hydroxyl groups excluding tert-OH is 2. The van der Waals surface area contributed by atoms with Crippen molar-refractivity contribution in [3.8, 4) is 0 Å². The van der Waals surface area contributed by atoms with E-state index in [4.69, 9.17) is 16.3 Å². The number of ketones is 1. The Morgan fingerprint density at radius 3 is 2.37 bits per heavy atom. The van der Waals surface area contributed by atoms with Crippen LogP contribution in [0, 0.1) is 11.8 Å². The molecule has 0 aliphatic carbocycles. The summed E-state index contributed by atoms with van der Waals surface area (Å²) in [4.78, 5) is 39.3. The fourth-order valence-corrected chi connectivity index (χ4v) is 5.42. The molecule has 224 valence electrons. The van der Waals surface area contributed by atoms with Crippen LogP contribution in [0.1, 0.15) is 64.2 Å². The van der Waals surface area contributed by atoms with Crippen LogP contribution >= 0.6 is 11.6 Å². The maximum absolute atomic E-state index is 13.4. The van der Waals surface area contributed by atoms with Gasteiger partial charge in [-0.1, -0.05) is 81.8 Å². The highest BCUT2D eigenvalue weighted by Crippen LogP contribution is 2.40. The molecule has 2 amide bonds. The maximum atomic E-state index is 13.4. The zero-order chi connectivity index (χ0) is 30.2. The number of halogens is 1. The van der Waals surface area contributed by atoms with Gasteiger partial charge in [-0.2, -0.15) is 0 Å². The van der Waals surface area contributed by atoms with E-state index < -0.39 is 54.2 Å². The Hall–Kier alpha value is -2.98. The lowest BCUT2D eigenvalue weighted by Gasteiger charge is -2.35. The molecule has 2 unspecified atom stereocenters. The third-order valence-electron chi connectivity index (χ3n) is 7.58. The first-order valence-corrected chi connectivity index (χ1v) is 14.4. The minimum absolute atomic E-state index is 0.0340. The Bertz CT molecular complexity index is 1180. The Balaban J connectivity index is 1.80. The second-order valence-electron chi connectivity index (χ2n) is 11.6. The number of ether oxygens (including phenoxy) is 1. The molecule has 1 aliphatic rings. The molecular formula is C31H42ClN3O6. The molecule has 1 fully saturated rings. The fraction of sp³-hybridized carbons (Fsp3) is 0.516. The van der Waals surface area contributed by atoms with Gasteiger partial charge < -0.3 is 25.6 Å². The molecule has 2 aromatic rings. The average molecular weight is 588 g/mol. The first kappa shape index (κ1) is 32.5. The van der Waals surface area contributed by atoms with Crippen LogP contribution in [0.25, 0.3) is 0 Å². The van der Waals surface area contributed by atoms with Gasteiger partial charge in [0.05, 0.1) is 6.04 Å².